The third-order valence-corrected chi connectivity index (χ3v) is 2.82. The number of carbonyl (C=O) groups excluding carboxylic acids is 2. The van der Waals surface area contributed by atoms with Gasteiger partial charge in [-0.2, -0.15) is 0 Å². The van der Waals surface area contributed by atoms with Crippen LogP contribution in [0.4, 0.5) is 5.69 Å². The molecular formula is C14H15N3O6. The second-order valence-electron chi connectivity index (χ2n) is 4.54. The molecule has 0 radical (unpaired) electrons. The molecular weight excluding hydrogens is 306 g/mol. The van der Waals surface area contributed by atoms with E-state index in [0.717, 1.165) is 6.39 Å². The zero-order chi connectivity index (χ0) is 16.8. The number of aromatic nitrogens is 2. The Kier molecular flexibility index (Phi) is 5.26. The van der Waals surface area contributed by atoms with Gasteiger partial charge in [0.15, 0.2) is 17.8 Å². The van der Waals surface area contributed by atoms with Gasteiger partial charge >= 0.3 is 5.97 Å². The maximum Gasteiger partial charge on any atom is 0.360 e. The number of aryl methyl sites for hydroxylation is 1. The number of methoxy groups -OCH3 is 1. The smallest absolute Gasteiger partial charge is 0.360 e. The van der Waals surface area contributed by atoms with E-state index in [-0.39, 0.29) is 30.4 Å². The molecule has 0 spiro atoms. The van der Waals surface area contributed by atoms with Crippen molar-refractivity contribution in [2.24, 2.45) is 0 Å². The molecule has 0 bridgehead atoms. The number of H-pyrrole nitrogens is 1. The number of oxazole rings is 1. The van der Waals surface area contributed by atoms with Gasteiger partial charge in [-0.1, -0.05) is 0 Å². The van der Waals surface area contributed by atoms with Gasteiger partial charge in [0.1, 0.15) is 18.9 Å². The van der Waals surface area contributed by atoms with Crippen LogP contribution < -0.4 is 10.9 Å². The molecule has 9 heteroatoms. The lowest BCUT2D eigenvalue weighted by Crippen LogP contribution is -2.23. The van der Waals surface area contributed by atoms with E-state index in [1.807, 2.05) is 0 Å². The minimum Gasteiger partial charge on any atom is -0.464 e. The van der Waals surface area contributed by atoms with E-state index < -0.39 is 17.4 Å². The molecule has 2 heterocycles. The van der Waals surface area contributed by atoms with Gasteiger partial charge < -0.3 is 24.2 Å². The van der Waals surface area contributed by atoms with Gasteiger partial charge in [0.05, 0.1) is 7.11 Å². The van der Waals surface area contributed by atoms with E-state index in [1.165, 1.54) is 13.2 Å². The SMILES string of the molecule is COC(=O)c1ncoc1COCC(=O)Nc1ccc(C)[nH]c1=O. The fourth-order valence-corrected chi connectivity index (χ4v) is 1.73. The van der Waals surface area contributed by atoms with Crippen molar-refractivity contribution in [3.05, 3.63) is 46.0 Å². The molecule has 0 fully saturated rings. The van der Waals surface area contributed by atoms with Crippen molar-refractivity contribution in [3.63, 3.8) is 0 Å². The Morgan fingerprint density at radius 3 is 2.87 bits per heavy atom. The molecule has 0 saturated heterocycles. The number of nitrogens with one attached hydrogen (secondary N) is 2. The number of aromatic amines is 1. The lowest BCUT2D eigenvalue weighted by molar-refractivity contribution is -0.121. The van der Waals surface area contributed by atoms with Crippen LogP contribution in [0.5, 0.6) is 0 Å². The van der Waals surface area contributed by atoms with Crippen molar-refractivity contribution in [2.45, 2.75) is 13.5 Å². The maximum absolute atomic E-state index is 11.7. The number of amides is 1. The summed E-state index contributed by atoms with van der Waals surface area (Å²) in [6.45, 7) is 1.27. The molecule has 0 atom stereocenters. The van der Waals surface area contributed by atoms with Crippen molar-refractivity contribution in [1.82, 2.24) is 9.97 Å². The average molecular weight is 321 g/mol. The van der Waals surface area contributed by atoms with Crippen molar-refractivity contribution < 1.29 is 23.5 Å². The zero-order valence-corrected chi connectivity index (χ0v) is 12.5. The van der Waals surface area contributed by atoms with Gasteiger partial charge in [-0.25, -0.2) is 9.78 Å². The molecule has 2 aromatic rings. The van der Waals surface area contributed by atoms with E-state index in [9.17, 15) is 14.4 Å². The molecule has 2 aromatic heterocycles. The van der Waals surface area contributed by atoms with E-state index >= 15 is 0 Å². The van der Waals surface area contributed by atoms with Gasteiger partial charge in [-0.15, -0.1) is 0 Å². The lowest BCUT2D eigenvalue weighted by Gasteiger charge is -2.05. The van der Waals surface area contributed by atoms with E-state index in [0.29, 0.717) is 5.69 Å². The van der Waals surface area contributed by atoms with Crippen LogP contribution in [0.2, 0.25) is 0 Å². The fraction of sp³-hybridized carbons (Fsp3) is 0.286. The van der Waals surface area contributed by atoms with Crippen LogP contribution in [0.15, 0.2) is 27.7 Å². The maximum atomic E-state index is 11.7. The number of carbonyl (C=O) groups is 2. The molecule has 23 heavy (non-hydrogen) atoms. The van der Waals surface area contributed by atoms with E-state index in [2.05, 4.69) is 20.0 Å². The summed E-state index contributed by atoms with van der Waals surface area (Å²) in [6, 6.07) is 3.16. The Balaban J connectivity index is 1.87. The molecule has 2 N–H and O–H groups in total. The lowest BCUT2D eigenvalue weighted by atomic mass is 10.3. The Morgan fingerprint density at radius 2 is 2.17 bits per heavy atom. The number of hydrogen-bond donors (Lipinski definition) is 2. The molecule has 0 aliphatic carbocycles. The summed E-state index contributed by atoms with van der Waals surface area (Å²) in [5.41, 5.74) is 0.397. The highest BCUT2D eigenvalue weighted by Gasteiger charge is 2.17. The monoisotopic (exact) mass is 321 g/mol. The number of pyridine rings is 1. The first-order valence-electron chi connectivity index (χ1n) is 6.59. The molecule has 9 nitrogen and oxygen atoms in total. The van der Waals surface area contributed by atoms with Crippen molar-refractivity contribution in [2.75, 3.05) is 19.0 Å². The number of rotatable bonds is 6. The normalized spacial score (nSPS) is 10.3. The Morgan fingerprint density at radius 1 is 1.39 bits per heavy atom. The van der Waals surface area contributed by atoms with E-state index in [1.54, 1.807) is 13.0 Å². The first kappa shape index (κ1) is 16.4. The van der Waals surface area contributed by atoms with Crippen LogP contribution in [0, 0.1) is 6.92 Å². The van der Waals surface area contributed by atoms with Crippen LogP contribution in [0.3, 0.4) is 0 Å². The minimum absolute atomic E-state index is 0.0112. The number of anilines is 1. The first-order chi connectivity index (χ1) is 11.0. The molecule has 0 aliphatic rings. The van der Waals surface area contributed by atoms with Gasteiger partial charge in [-0.3, -0.25) is 9.59 Å². The fourth-order valence-electron chi connectivity index (χ4n) is 1.73. The van der Waals surface area contributed by atoms with Crippen LogP contribution in [-0.2, 0) is 20.9 Å². The summed E-state index contributed by atoms with van der Waals surface area (Å²) in [4.78, 5) is 41.0. The molecule has 0 aromatic carbocycles. The number of hydrogen-bond acceptors (Lipinski definition) is 7. The number of esters is 1. The standard InChI is InChI=1S/C14H15N3O6/c1-8-3-4-9(13(19)16-8)17-11(18)6-22-5-10-12(14(20)21-2)15-7-23-10/h3-4,7H,5-6H2,1-2H3,(H,16,19)(H,17,18). The van der Waals surface area contributed by atoms with Gasteiger partial charge in [-0.05, 0) is 19.1 Å². The predicted molar refractivity (Wildman–Crippen MR) is 77.9 cm³/mol. The minimum atomic E-state index is -0.659. The largest absolute Gasteiger partial charge is 0.464 e. The summed E-state index contributed by atoms with van der Waals surface area (Å²) in [5, 5.41) is 2.42. The summed E-state index contributed by atoms with van der Waals surface area (Å²) < 4.78 is 14.7. The topological polar surface area (TPSA) is 124 Å². The molecule has 0 aliphatic heterocycles. The highest BCUT2D eigenvalue weighted by Crippen LogP contribution is 2.09. The third kappa shape index (κ3) is 4.27. The number of nitrogens with zero attached hydrogens (tertiary/aromatic N) is 1. The average Bonchev–Trinajstić information content (AvgIpc) is 2.98. The van der Waals surface area contributed by atoms with Gasteiger partial charge in [0, 0.05) is 5.69 Å². The molecule has 0 unspecified atom stereocenters. The predicted octanol–water partition coefficient (Wildman–Crippen LogP) is 0.613. The summed E-state index contributed by atoms with van der Waals surface area (Å²) in [6.07, 6.45) is 1.08. The van der Waals surface area contributed by atoms with Gasteiger partial charge in [0.2, 0.25) is 0 Å². The second kappa shape index (κ2) is 7.36. The van der Waals surface area contributed by atoms with Crippen molar-refractivity contribution in [3.8, 4) is 0 Å². The van der Waals surface area contributed by atoms with Crippen LogP contribution in [-0.4, -0.2) is 35.6 Å². The Hall–Kier alpha value is -2.94. The van der Waals surface area contributed by atoms with Crippen LogP contribution in [0.1, 0.15) is 21.9 Å². The molecule has 2 rings (SSSR count). The summed E-state index contributed by atoms with van der Waals surface area (Å²) in [7, 11) is 1.22. The first-order valence-corrected chi connectivity index (χ1v) is 6.59. The molecule has 122 valence electrons. The second-order valence-corrected chi connectivity index (χ2v) is 4.54. The van der Waals surface area contributed by atoms with Crippen molar-refractivity contribution >= 4 is 17.6 Å². The van der Waals surface area contributed by atoms with Crippen molar-refractivity contribution in [1.29, 1.82) is 0 Å². The van der Waals surface area contributed by atoms with Crippen LogP contribution >= 0.6 is 0 Å². The van der Waals surface area contributed by atoms with Gasteiger partial charge in [0.25, 0.3) is 11.5 Å². The summed E-state index contributed by atoms with van der Waals surface area (Å²) in [5.74, 6) is -1.02. The molecule has 1 amide bonds. The Labute approximate surface area is 130 Å². The summed E-state index contributed by atoms with van der Waals surface area (Å²) >= 11 is 0. The highest BCUT2D eigenvalue weighted by atomic mass is 16.5. The van der Waals surface area contributed by atoms with Crippen LogP contribution in [0.25, 0.3) is 0 Å². The third-order valence-electron chi connectivity index (χ3n) is 2.82. The Bertz CT molecular complexity index is 764. The van der Waals surface area contributed by atoms with E-state index in [4.69, 9.17) is 9.15 Å². The zero-order valence-electron chi connectivity index (χ0n) is 12.5. The highest BCUT2D eigenvalue weighted by molar-refractivity contribution is 5.91. The number of ether oxygens (including phenoxy) is 2. The quantitative estimate of drug-likeness (QED) is 0.747. The molecule has 0 saturated carbocycles.